The molecule has 3 aromatic rings. The Balaban J connectivity index is 1.52. The van der Waals surface area contributed by atoms with Crippen LogP contribution in [0.3, 0.4) is 0 Å². The molecule has 7 heteroatoms. The summed E-state index contributed by atoms with van der Waals surface area (Å²) in [6, 6.07) is 19.6. The second kappa shape index (κ2) is 8.26. The number of Topliss-reactive ketones (excluding diaryl/α,β-unsaturated/α-hetero) is 1. The van der Waals surface area contributed by atoms with E-state index in [1.165, 1.54) is 12.1 Å². The number of hydrogen-bond donors (Lipinski definition) is 1. The van der Waals surface area contributed by atoms with Gasteiger partial charge in [0.05, 0.1) is 35.7 Å². The van der Waals surface area contributed by atoms with Crippen LogP contribution in [0, 0.1) is 5.82 Å². The quantitative estimate of drug-likeness (QED) is 0.658. The molecule has 2 aliphatic rings. The molecule has 3 heterocycles. The van der Waals surface area contributed by atoms with Gasteiger partial charge in [-0.3, -0.25) is 14.6 Å². The summed E-state index contributed by atoms with van der Waals surface area (Å²) in [7, 11) is 0. The van der Waals surface area contributed by atoms with Gasteiger partial charge in [0.2, 0.25) is 5.91 Å². The first-order valence-electron chi connectivity index (χ1n) is 10.5. The molecular weight excluding hydrogens is 407 g/mol. The van der Waals surface area contributed by atoms with Gasteiger partial charge in [-0.1, -0.05) is 30.3 Å². The summed E-state index contributed by atoms with van der Waals surface area (Å²) in [5.41, 5.74) is 3.35. The first-order chi connectivity index (χ1) is 15.6. The Morgan fingerprint density at radius 3 is 2.53 bits per heavy atom. The molecule has 1 aromatic heterocycles. The maximum absolute atomic E-state index is 14.0. The zero-order valence-electron chi connectivity index (χ0n) is 17.3. The van der Waals surface area contributed by atoms with E-state index in [1.54, 1.807) is 18.3 Å². The fourth-order valence-electron chi connectivity index (χ4n) is 4.24. The molecule has 0 aliphatic carbocycles. The number of nitrogens with one attached hydrogen (secondary N) is 1. The second-order valence-electron chi connectivity index (χ2n) is 7.73. The molecule has 0 atom stereocenters. The van der Waals surface area contributed by atoms with Crippen molar-refractivity contribution in [3.8, 4) is 0 Å². The molecule has 1 amide bonds. The number of ketones is 1. The van der Waals surface area contributed by atoms with Crippen molar-refractivity contribution in [3.05, 3.63) is 95.8 Å². The molecule has 0 fully saturated rings. The summed E-state index contributed by atoms with van der Waals surface area (Å²) >= 11 is 0. The number of carbonyl (C=O) groups is 2. The highest BCUT2D eigenvalue weighted by atomic mass is 19.1. The number of anilines is 3. The van der Waals surface area contributed by atoms with E-state index in [0.717, 1.165) is 17.1 Å². The van der Waals surface area contributed by atoms with Gasteiger partial charge in [0.15, 0.2) is 5.78 Å². The van der Waals surface area contributed by atoms with E-state index < -0.39 is 11.7 Å². The van der Waals surface area contributed by atoms with E-state index in [2.05, 4.69) is 15.2 Å². The Hall–Kier alpha value is -4.00. The third-order valence-electron chi connectivity index (χ3n) is 5.68. The molecule has 0 bridgehead atoms. The monoisotopic (exact) mass is 428 g/mol. The minimum atomic E-state index is -0.514. The van der Waals surface area contributed by atoms with Crippen molar-refractivity contribution in [2.45, 2.75) is 19.4 Å². The van der Waals surface area contributed by atoms with Gasteiger partial charge in [0.25, 0.3) is 0 Å². The maximum Gasteiger partial charge on any atom is 0.229 e. The van der Waals surface area contributed by atoms with Crippen molar-refractivity contribution in [3.63, 3.8) is 0 Å². The van der Waals surface area contributed by atoms with Crippen LogP contribution in [-0.4, -0.2) is 23.2 Å². The SMILES string of the molecule is O=C(CC1=C2N(CCC1=O)c1ccccc1N2Cc1ccccn1)Nc1ccccc1F. The number of pyridine rings is 1. The number of carbonyl (C=O) groups excluding carboxylic acids is 2. The van der Waals surface area contributed by atoms with Crippen molar-refractivity contribution >= 4 is 28.8 Å². The van der Waals surface area contributed by atoms with Gasteiger partial charge in [-0.05, 0) is 36.4 Å². The molecule has 5 rings (SSSR count). The molecule has 160 valence electrons. The predicted molar refractivity (Wildman–Crippen MR) is 121 cm³/mol. The Morgan fingerprint density at radius 2 is 1.75 bits per heavy atom. The normalized spacial score (nSPS) is 15.0. The van der Waals surface area contributed by atoms with E-state index in [1.807, 2.05) is 47.4 Å². The van der Waals surface area contributed by atoms with Crippen LogP contribution in [0.1, 0.15) is 18.5 Å². The lowest BCUT2D eigenvalue weighted by molar-refractivity contribution is -0.119. The number of aromatic nitrogens is 1. The summed E-state index contributed by atoms with van der Waals surface area (Å²) in [6.07, 6.45) is 1.92. The Morgan fingerprint density at radius 1 is 1.00 bits per heavy atom. The minimum Gasteiger partial charge on any atom is -0.325 e. The number of nitrogens with zero attached hydrogens (tertiary/aromatic N) is 3. The second-order valence-corrected chi connectivity index (χ2v) is 7.73. The van der Waals surface area contributed by atoms with Gasteiger partial charge in [0.1, 0.15) is 11.6 Å². The number of para-hydroxylation sites is 3. The molecule has 0 saturated carbocycles. The maximum atomic E-state index is 14.0. The average molecular weight is 428 g/mol. The molecule has 0 unspecified atom stereocenters. The molecule has 2 aliphatic heterocycles. The van der Waals surface area contributed by atoms with Crippen LogP contribution in [0.4, 0.5) is 21.5 Å². The van der Waals surface area contributed by atoms with Gasteiger partial charge in [-0.25, -0.2) is 4.39 Å². The minimum absolute atomic E-state index is 0.0706. The predicted octanol–water partition coefficient (Wildman–Crippen LogP) is 4.26. The van der Waals surface area contributed by atoms with Gasteiger partial charge in [-0.2, -0.15) is 0 Å². The lowest BCUT2D eigenvalue weighted by atomic mass is 10.00. The molecular formula is C25H21FN4O2. The van der Waals surface area contributed by atoms with Crippen LogP contribution in [0.15, 0.2) is 84.3 Å². The number of benzene rings is 2. The van der Waals surface area contributed by atoms with Crippen molar-refractivity contribution in [1.29, 1.82) is 0 Å². The summed E-state index contributed by atoms with van der Waals surface area (Å²) in [5.74, 6) is -0.308. The van der Waals surface area contributed by atoms with E-state index in [9.17, 15) is 14.0 Å². The number of rotatable bonds is 5. The molecule has 2 aromatic carbocycles. The fraction of sp³-hybridized carbons (Fsp3) is 0.160. The van der Waals surface area contributed by atoms with Gasteiger partial charge in [0, 0.05) is 24.7 Å². The lowest BCUT2D eigenvalue weighted by Crippen LogP contribution is -2.38. The average Bonchev–Trinajstić information content (AvgIpc) is 3.12. The zero-order chi connectivity index (χ0) is 22.1. The molecule has 32 heavy (non-hydrogen) atoms. The number of amides is 1. The first-order valence-corrected chi connectivity index (χ1v) is 10.5. The molecule has 1 N–H and O–H groups in total. The summed E-state index contributed by atoms with van der Waals surface area (Å²) in [5, 5.41) is 2.59. The van der Waals surface area contributed by atoms with Gasteiger partial charge < -0.3 is 15.1 Å². The Labute approximate surface area is 185 Å². The Bertz CT molecular complexity index is 1230. The first kappa shape index (κ1) is 19.9. The molecule has 6 nitrogen and oxygen atoms in total. The Kier molecular flexibility index (Phi) is 5.15. The van der Waals surface area contributed by atoms with E-state index in [-0.39, 0.29) is 17.9 Å². The highest BCUT2D eigenvalue weighted by Gasteiger charge is 2.39. The van der Waals surface area contributed by atoms with E-state index in [4.69, 9.17) is 0 Å². The topological polar surface area (TPSA) is 65.5 Å². The lowest BCUT2D eigenvalue weighted by Gasteiger charge is -2.31. The summed E-state index contributed by atoms with van der Waals surface area (Å²) < 4.78 is 14.0. The van der Waals surface area contributed by atoms with Crippen LogP contribution < -0.4 is 15.1 Å². The van der Waals surface area contributed by atoms with E-state index >= 15 is 0 Å². The van der Waals surface area contributed by atoms with Crippen molar-refractivity contribution in [2.75, 3.05) is 21.7 Å². The van der Waals surface area contributed by atoms with E-state index in [0.29, 0.717) is 30.9 Å². The van der Waals surface area contributed by atoms with Crippen LogP contribution in [0.25, 0.3) is 0 Å². The van der Waals surface area contributed by atoms with Crippen LogP contribution in [0.5, 0.6) is 0 Å². The van der Waals surface area contributed by atoms with Gasteiger partial charge >= 0.3 is 0 Å². The third kappa shape index (κ3) is 3.62. The van der Waals surface area contributed by atoms with Crippen molar-refractivity contribution < 1.29 is 14.0 Å². The molecule has 0 spiro atoms. The van der Waals surface area contributed by atoms with Gasteiger partial charge in [-0.15, -0.1) is 0 Å². The van der Waals surface area contributed by atoms with Crippen LogP contribution >= 0.6 is 0 Å². The smallest absolute Gasteiger partial charge is 0.229 e. The molecule has 0 radical (unpaired) electrons. The van der Waals surface area contributed by atoms with Crippen molar-refractivity contribution in [2.24, 2.45) is 0 Å². The third-order valence-corrected chi connectivity index (χ3v) is 5.68. The van der Waals surface area contributed by atoms with Crippen LogP contribution in [-0.2, 0) is 16.1 Å². The number of hydrogen-bond acceptors (Lipinski definition) is 5. The molecule has 0 saturated heterocycles. The zero-order valence-corrected chi connectivity index (χ0v) is 17.3. The number of halogens is 1. The fourth-order valence-corrected chi connectivity index (χ4v) is 4.24. The van der Waals surface area contributed by atoms with Crippen LogP contribution in [0.2, 0.25) is 0 Å². The standard InChI is InChI=1S/C25H21FN4O2/c26-19-8-1-2-9-20(19)28-24(32)15-18-23(31)12-14-29-21-10-3-4-11-22(21)30(25(18)29)16-17-7-5-6-13-27-17/h1-11,13H,12,14-16H2,(H,28,32). The summed E-state index contributed by atoms with van der Waals surface area (Å²) in [6.45, 7) is 1.01. The van der Waals surface area contributed by atoms with Crippen molar-refractivity contribution in [1.82, 2.24) is 4.98 Å². The largest absolute Gasteiger partial charge is 0.325 e. The summed E-state index contributed by atoms with van der Waals surface area (Å²) in [4.78, 5) is 34.3. The number of fused-ring (bicyclic) bond motifs is 3. The highest BCUT2D eigenvalue weighted by molar-refractivity contribution is 6.07. The highest BCUT2D eigenvalue weighted by Crippen LogP contribution is 2.45.